The fourth-order valence-corrected chi connectivity index (χ4v) is 3.22. The van der Waals surface area contributed by atoms with E-state index in [1.165, 1.54) is 12.1 Å². The maximum atomic E-state index is 12.7. The van der Waals surface area contributed by atoms with Crippen LogP contribution >= 0.6 is 0 Å². The molecule has 0 N–H and O–H groups in total. The molecule has 0 radical (unpaired) electrons. The zero-order valence-corrected chi connectivity index (χ0v) is 9.60. The number of nitrogens with zero attached hydrogens (tertiary/aromatic N) is 1. The number of hydrogen-bond acceptors (Lipinski definition) is 2. The molecule has 1 atom stereocenters. The van der Waals surface area contributed by atoms with Crippen molar-refractivity contribution in [1.29, 1.82) is 5.26 Å². The SMILES string of the molecule is N#CCC1(CS(=O)c2ccc(F)cc2)CC1. The van der Waals surface area contributed by atoms with E-state index in [1.807, 2.05) is 0 Å². The molecular formula is C12H12FNOS. The van der Waals surface area contributed by atoms with Crippen LogP contribution in [-0.4, -0.2) is 9.96 Å². The molecule has 1 aromatic carbocycles. The third-order valence-corrected chi connectivity index (χ3v) is 4.60. The summed E-state index contributed by atoms with van der Waals surface area (Å²) in [6, 6.07) is 7.87. The van der Waals surface area contributed by atoms with Crippen molar-refractivity contribution in [3.8, 4) is 6.07 Å². The van der Waals surface area contributed by atoms with Gasteiger partial charge in [-0.2, -0.15) is 5.26 Å². The summed E-state index contributed by atoms with van der Waals surface area (Å²) in [7, 11) is -1.12. The molecule has 16 heavy (non-hydrogen) atoms. The highest BCUT2D eigenvalue weighted by atomic mass is 32.2. The Labute approximate surface area is 96.5 Å². The van der Waals surface area contributed by atoms with E-state index in [-0.39, 0.29) is 11.2 Å². The highest BCUT2D eigenvalue weighted by Gasteiger charge is 2.43. The van der Waals surface area contributed by atoms with Crippen molar-refractivity contribution >= 4 is 10.8 Å². The lowest BCUT2D eigenvalue weighted by atomic mass is 10.1. The summed E-state index contributed by atoms with van der Waals surface area (Å²) in [5.74, 6) is 0.200. The average Bonchev–Trinajstić information content (AvgIpc) is 2.99. The summed E-state index contributed by atoms with van der Waals surface area (Å²) in [6.45, 7) is 0. The third-order valence-electron chi connectivity index (χ3n) is 2.92. The molecule has 0 heterocycles. The molecule has 4 heteroatoms. The molecule has 1 fully saturated rings. The molecule has 1 unspecified atom stereocenters. The fraction of sp³-hybridized carbons (Fsp3) is 0.417. The summed E-state index contributed by atoms with van der Waals surface area (Å²) in [4.78, 5) is 0.644. The number of rotatable bonds is 4. The van der Waals surface area contributed by atoms with Gasteiger partial charge >= 0.3 is 0 Å². The van der Waals surface area contributed by atoms with Crippen LogP contribution in [0.15, 0.2) is 29.2 Å². The molecule has 1 aromatic rings. The lowest BCUT2D eigenvalue weighted by Crippen LogP contribution is -2.11. The van der Waals surface area contributed by atoms with Gasteiger partial charge in [-0.15, -0.1) is 0 Å². The van der Waals surface area contributed by atoms with Crippen molar-refractivity contribution in [3.63, 3.8) is 0 Å². The van der Waals surface area contributed by atoms with Gasteiger partial charge in [0.2, 0.25) is 0 Å². The molecule has 0 bridgehead atoms. The minimum atomic E-state index is -1.12. The maximum Gasteiger partial charge on any atom is 0.123 e. The second-order valence-corrected chi connectivity index (χ2v) is 5.73. The number of nitriles is 1. The van der Waals surface area contributed by atoms with Crippen molar-refractivity contribution < 1.29 is 8.60 Å². The molecule has 1 aliphatic carbocycles. The zero-order valence-electron chi connectivity index (χ0n) is 8.78. The van der Waals surface area contributed by atoms with E-state index in [0.29, 0.717) is 17.1 Å². The van der Waals surface area contributed by atoms with Crippen LogP contribution in [0.25, 0.3) is 0 Å². The van der Waals surface area contributed by atoms with E-state index < -0.39 is 10.8 Å². The van der Waals surface area contributed by atoms with Crippen LogP contribution in [0.5, 0.6) is 0 Å². The van der Waals surface area contributed by atoms with E-state index in [0.717, 1.165) is 12.8 Å². The molecule has 0 spiro atoms. The summed E-state index contributed by atoms with van der Waals surface area (Å²) in [6.07, 6.45) is 2.43. The van der Waals surface area contributed by atoms with Crippen LogP contribution < -0.4 is 0 Å². The molecule has 1 aliphatic rings. The topological polar surface area (TPSA) is 40.9 Å². The van der Waals surface area contributed by atoms with E-state index >= 15 is 0 Å². The van der Waals surface area contributed by atoms with E-state index in [1.54, 1.807) is 12.1 Å². The Hall–Kier alpha value is -1.21. The van der Waals surface area contributed by atoms with Gasteiger partial charge in [-0.25, -0.2) is 4.39 Å². The summed E-state index contributed by atoms with van der Waals surface area (Å²) in [5, 5.41) is 8.66. The standard InChI is InChI=1S/C12H12FNOS/c13-10-1-3-11(4-2-10)16(15)9-12(5-6-12)7-8-14/h1-4H,5-7,9H2. The molecule has 0 aliphatic heterocycles. The summed E-state index contributed by atoms with van der Waals surface area (Å²) >= 11 is 0. The van der Waals surface area contributed by atoms with Crippen molar-refractivity contribution in [1.82, 2.24) is 0 Å². The Morgan fingerprint density at radius 1 is 1.38 bits per heavy atom. The quantitative estimate of drug-likeness (QED) is 0.807. The average molecular weight is 237 g/mol. The van der Waals surface area contributed by atoms with Gasteiger partial charge in [0.15, 0.2) is 0 Å². The Morgan fingerprint density at radius 2 is 2.00 bits per heavy atom. The van der Waals surface area contributed by atoms with Crippen LogP contribution in [0.1, 0.15) is 19.3 Å². The molecule has 2 nitrogen and oxygen atoms in total. The first kappa shape index (κ1) is 11.3. The Bertz CT molecular complexity index is 445. The van der Waals surface area contributed by atoms with Crippen LogP contribution in [0.3, 0.4) is 0 Å². The molecular weight excluding hydrogens is 225 g/mol. The molecule has 0 aromatic heterocycles. The van der Waals surface area contributed by atoms with Crippen LogP contribution in [0.4, 0.5) is 4.39 Å². The van der Waals surface area contributed by atoms with Crippen LogP contribution in [0.2, 0.25) is 0 Å². The van der Waals surface area contributed by atoms with Crippen molar-refractivity contribution in [3.05, 3.63) is 30.1 Å². The van der Waals surface area contributed by atoms with Gasteiger partial charge < -0.3 is 0 Å². The van der Waals surface area contributed by atoms with Gasteiger partial charge in [0.05, 0.1) is 16.9 Å². The molecule has 1 saturated carbocycles. The Kier molecular flexibility index (Phi) is 3.06. The largest absolute Gasteiger partial charge is 0.254 e. The molecule has 0 saturated heterocycles. The predicted octanol–water partition coefficient (Wildman–Crippen LogP) is 2.63. The van der Waals surface area contributed by atoms with Crippen molar-refractivity contribution in [2.75, 3.05) is 5.75 Å². The van der Waals surface area contributed by atoms with Gasteiger partial charge in [0.25, 0.3) is 0 Å². The first-order valence-corrected chi connectivity index (χ1v) is 6.48. The normalized spacial score (nSPS) is 18.8. The number of benzene rings is 1. The summed E-state index contributed by atoms with van der Waals surface area (Å²) < 4.78 is 24.6. The molecule has 2 rings (SSSR count). The smallest absolute Gasteiger partial charge is 0.123 e. The number of hydrogen-bond donors (Lipinski definition) is 0. The van der Waals surface area contributed by atoms with E-state index in [2.05, 4.69) is 6.07 Å². The van der Waals surface area contributed by atoms with E-state index in [4.69, 9.17) is 5.26 Å². The van der Waals surface area contributed by atoms with Gasteiger partial charge in [-0.1, -0.05) is 0 Å². The predicted molar refractivity (Wildman–Crippen MR) is 59.6 cm³/mol. The first-order valence-electron chi connectivity index (χ1n) is 5.16. The molecule has 84 valence electrons. The maximum absolute atomic E-state index is 12.7. The second-order valence-electron chi connectivity index (χ2n) is 4.28. The Morgan fingerprint density at radius 3 is 2.50 bits per heavy atom. The fourth-order valence-electron chi connectivity index (χ4n) is 1.66. The van der Waals surface area contributed by atoms with Crippen molar-refractivity contribution in [2.45, 2.75) is 24.2 Å². The minimum absolute atomic E-state index is 0.0337. The molecule has 0 amide bonds. The second kappa shape index (κ2) is 4.34. The number of halogens is 1. The Balaban J connectivity index is 2.04. The lowest BCUT2D eigenvalue weighted by molar-refractivity contribution is 0.587. The highest BCUT2D eigenvalue weighted by molar-refractivity contribution is 7.85. The monoisotopic (exact) mass is 237 g/mol. The summed E-state index contributed by atoms with van der Waals surface area (Å²) in [5.41, 5.74) is -0.0337. The first-order chi connectivity index (χ1) is 7.65. The van der Waals surface area contributed by atoms with E-state index in [9.17, 15) is 8.60 Å². The van der Waals surface area contributed by atoms with Gasteiger partial charge in [0.1, 0.15) is 5.82 Å². The van der Waals surface area contributed by atoms with Gasteiger partial charge in [-0.3, -0.25) is 4.21 Å². The third kappa shape index (κ3) is 2.48. The minimum Gasteiger partial charge on any atom is -0.254 e. The van der Waals surface area contributed by atoms with Gasteiger partial charge in [0, 0.05) is 17.1 Å². The van der Waals surface area contributed by atoms with Crippen LogP contribution in [0, 0.1) is 22.6 Å². The van der Waals surface area contributed by atoms with Gasteiger partial charge in [-0.05, 0) is 42.5 Å². The highest BCUT2D eigenvalue weighted by Crippen LogP contribution is 2.49. The lowest BCUT2D eigenvalue weighted by Gasteiger charge is -2.10. The van der Waals surface area contributed by atoms with Crippen molar-refractivity contribution in [2.24, 2.45) is 5.41 Å². The zero-order chi connectivity index (χ0) is 11.6. The van der Waals surface area contributed by atoms with Crippen LogP contribution in [-0.2, 0) is 10.8 Å².